The minimum Gasteiger partial charge on any atom is -0.458 e. The van der Waals surface area contributed by atoms with E-state index in [4.69, 9.17) is 4.74 Å². The van der Waals surface area contributed by atoms with Crippen LogP contribution in [-0.2, 0) is 9.53 Å². The van der Waals surface area contributed by atoms with Crippen molar-refractivity contribution >= 4 is 5.97 Å². The summed E-state index contributed by atoms with van der Waals surface area (Å²) in [6.07, 6.45) is 11.4. The zero-order valence-electron chi connectivity index (χ0n) is 11.0. The van der Waals surface area contributed by atoms with Crippen molar-refractivity contribution in [3.8, 4) is 0 Å². The lowest BCUT2D eigenvalue weighted by molar-refractivity contribution is -0.157. The molecule has 0 aliphatic heterocycles. The van der Waals surface area contributed by atoms with Crippen LogP contribution in [0.15, 0.2) is 12.2 Å². The Morgan fingerprint density at radius 2 is 1.71 bits per heavy atom. The van der Waals surface area contributed by atoms with E-state index in [9.17, 15) is 4.79 Å². The van der Waals surface area contributed by atoms with Crippen LogP contribution in [0, 0.1) is 5.41 Å². The molecule has 2 aliphatic rings. The van der Waals surface area contributed by atoms with Gasteiger partial charge in [-0.3, -0.25) is 0 Å². The van der Waals surface area contributed by atoms with Crippen LogP contribution in [0.2, 0.25) is 0 Å². The SMILES string of the molecule is C=C(C)C(=O)OC1CCCCC12CCCCC2. The molecule has 2 aliphatic carbocycles. The summed E-state index contributed by atoms with van der Waals surface area (Å²) in [5.41, 5.74) is 0.836. The molecular formula is C15H24O2. The van der Waals surface area contributed by atoms with Crippen molar-refractivity contribution in [2.24, 2.45) is 5.41 Å². The van der Waals surface area contributed by atoms with Crippen LogP contribution in [0.1, 0.15) is 64.7 Å². The van der Waals surface area contributed by atoms with Crippen LogP contribution < -0.4 is 0 Å². The maximum Gasteiger partial charge on any atom is 0.333 e. The van der Waals surface area contributed by atoms with Crippen molar-refractivity contribution in [2.75, 3.05) is 0 Å². The highest BCUT2D eigenvalue weighted by Crippen LogP contribution is 2.48. The van der Waals surface area contributed by atoms with Gasteiger partial charge in [0.1, 0.15) is 6.10 Å². The second-order valence-electron chi connectivity index (χ2n) is 5.84. The van der Waals surface area contributed by atoms with E-state index in [0.29, 0.717) is 11.0 Å². The van der Waals surface area contributed by atoms with Crippen LogP contribution in [0.25, 0.3) is 0 Å². The Morgan fingerprint density at radius 1 is 1.12 bits per heavy atom. The van der Waals surface area contributed by atoms with Gasteiger partial charge < -0.3 is 4.74 Å². The second-order valence-corrected chi connectivity index (χ2v) is 5.84. The van der Waals surface area contributed by atoms with Crippen molar-refractivity contribution in [2.45, 2.75) is 70.8 Å². The van der Waals surface area contributed by atoms with Gasteiger partial charge >= 0.3 is 5.97 Å². The van der Waals surface area contributed by atoms with Gasteiger partial charge in [0.25, 0.3) is 0 Å². The standard InChI is InChI=1S/C15H24O2/c1-12(2)14(16)17-13-8-4-7-11-15(13)9-5-3-6-10-15/h13H,1,3-11H2,2H3. The average molecular weight is 236 g/mol. The molecule has 96 valence electrons. The van der Waals surface area contributed by atoms with Crippen molar-refractivity contribution in [1.29, 1.82) is 0 Å². The highest BCUT2D eigenvalue weighted by Gasteiger charge is 2.43. The van der Waals surface area contributed by atoms with Gasteiger partial charge in [0.2, 0.25) is 0 Å². The fourth-order valence-electron chi connectivity index (χ4n) is 3.52. The number of hydrogen-bond donors (Lipinski definition) is 0. The molecule has 0 heterocycles. The third kappa shape index (κ3) is 2.72. The maximum atomic E-state index is 11.7. The molecule has 0 radical (unpaired) electrons. The van der Waals surface area contributed by atoms with Gasteiger partial charge in [-0.05, 0) is 39.0 Å². The monoisotopic (exact) mass is 236 g/mol. The van der Waals surface area contributed by atoms with Gasteiger partial charge in [-0.15, -0.1) is 0 Å². The predicted molar refractivity (Wildman–Crippen MR) is 68.7 cm³/mol. The first-order valence-electron chi connectivity index (χ1n) is 7.01. The van der Waals surface area contributed by atoms with Crippen molar-refractivity contribution in [3.63, 3.8) is 0 Å². The topological polar surface area (TPSA) is 26.3 Å². The highest BCUT2D eigenvalue weighted by molar-refractivity contribution is 5.87. The van der Waals surface area contributed by atoms with E-state index in [1.165, 1.54) is 51.4 Å². The predicted octanol–water partition coefficient (Wildman–Crippen LogP) is 4.00. The molecular weight excluding hydrogens is 212 g/mol. The van der Waals surface area contributed by atoms with E-state index in [0.717, 1.165) is 6.42 Å². The highest BCUT2D eigenvalue weighted by atomic mass is 16.5. The van der Waals surface area contributed by atoms with Crippen molar-refractivity contribution in [3.05, 3.63) is 12.2 Å². The fraction of sp³-hybridized carbons (Fsp3) is 0.800. The van der Waals surface area contributed by atoms with E-state index in [1.807, 2.05) is 0 Å². The summed E-state index contributed by atoms with van der Waals surface area (Å²) in [6, 6.07) is 0. The molecule has 0 bridgehead atoms. The summed E-state index contributed by atoms with van der Waals surface area (Å²) in [7, 11) is 0. The van der Waals surface area contributed by atoms with E-state index < -0.39 is 0 Å². The smallest absolute Gasteiger partial charge is 0.333 e. The zero-order chi connectivity index (χ0) is 12.3. The van der Waals surface area contributed by atoms with Gasteiger partial charge in [-0.2, -0.15) is 0 Å². The quantitative estimate of drug-likeness (QED) is 0.535. The Balaban J connectivity index is 2.06. The maximum absolute atomic E-state index is 11.7. The van der Waals surface area contributed by atoms with Crippen molar-refractivity contribution < 1.29 is 9.53 Å². The third-order valence-corrected chi connectivity index (χ3v) is 4.52. The molecule has 2 fully saturated rings. The molecule has 0 aromatic rings. The van der Waals surface area contributed by atoms with Crippen LogP contribution in [0.4, 0.5) is 0 Å². The average Bonchev–Trinajstić information content (AvgIpc) is 2.33. The summed E-state index contributed by atoms with van der Waals surface area (Å²) >= 11 is 0. The molecule has 1 spiro atoms. The van der Waals surface area contributed by atoms with Crippen LogP contribution in [0.3, 0.4) is 0 Å². The Hall–Kier alpha value is -0.790. The molecule has 1 unspecified atom stereocenters. The first-order chi connectivity index (χ1) is 8.14. The zero-order valence-corrected chi connectivity index (χ0v) is 11.0. The summed E-state index contributed by atoms with van der Waals surface area (Å²) in [5.74, 6) is -0.193. The van der Waals surface area contributed by atoms with E-state index in [-0.39, 0.29) is 12.1 Å². The first-order valence-corrected chi connectivity index (χ1v) is 7.01. The van der Waals surface area contributed by atoms with Crippen LogP contribution in [-0.4, -0.2) is 12.1 Å². The van der Waals surface area contributed by atoms with Gasteiger partial charge in [-0.1, -0.05) is 32.3 Å². The minimum absolute atomic E-state index is 0.153. The molecule has 0 N–H and O–H groups in total. The summed E-state index contributed by atoms with van der Waals surface area (Å²) in [4.78, 5) is 11.7. The first kappa shape index (κ1) is 12.7. The fourth-order valence-corrected chi connectivity index (χ4v) is 3.52. The Kier molecular flexibility index (Phi) is 3.90. The van der Waals surface area contributed by atoms with Gasteiger partial charge in [-0.25, -0.2) is 4.79 Å². The van der Waals surface area contributed by atoms with E-state index in [2.05, 4.69) is 6.58 Å². The number of esters is 1. The van der Waals surface area contributed by atoms with Gasteiger partial charge in [0.15, 0.2) is 0 Å². The molecule has 2 saturated carbocycles. The van der Waals surface area contributed by atoms with Crippen molar-refractivity contribution in [1.82, 2.24) is 0 Å². The molecule has 0 aromatic carbocycles. The molecule has 1 atom stereocenters. The number of rotatable bonds is 2. The minimum atomic E-state index is -0.193. The number of carbonyl (C=O) groups excluding carboxylic acids is 1. The lowest BCUT2D eigenvalue weighted by Crippen LogP contribution is -2.42. The van der Waals surface area contributed by atoms with Crippen LogP contribution >= 0.6 is 0 Å². The summed E-state index contributed by atoms with van der Waals surface area (Å²) in [6.45, 7) is 5.41. The molecule has 0 amide bonds. The number of ether oxygens (including phenoxy) is 1. The van der Waals surface area contributed by atoms with Gasteiger partial charge in [0, 0.05) is 11.0 Å². The van der Waals surface area contributed by atoms with E-state index in [1.54, 1.807) is 6.92 Å². The third-order valence-electron chi connectivity index (χ3n) is 4.52. The Bertz CT molecular complexity index is 292. The normalized spacial score (nSPS) is 27.7. The Morgan fingerprint density at radius 3 is 2.29 bits per heavy atom. The van der Waals surface area contributed by atoms with Gasteiger partial charge in [0.05, 0.1) is 0 Å². The lowest BCUT2D eigenvalue weighted by atomic mass is 9.63. The summed E-state index contributed by atoms with van der Waals surface area (Å²) in [5, 5.41) is 0. The molecule has 2 rings (SSSR count). The summed E-state index contributed by atoms with van der Waals surface area (Å²) < 4.78 is 5.71. The molecule has 2 nitrogen and oxygen atoms in total. The molecule has 2 heteroatoms. The van der Waals surface area contributed by atoms with Crippen LogP contribution in [0.5, 0.6) is 0 Å². The molecule has 0 aromatic heterocycles. The number of hydrogen-bond acceptors (Lipinski definition) is 2. The lowest BCUT2D eigenvalue weighted by Gasteiger charge is -2.46. The number of carbonyl (C=O) groups is 1. The largest absolute Gasteiger partial charge is 0.458 e. The van der Waals surface area contributed by atoms with E-state index >= 15 is 0 Å². The Labute approximate surface area is 104 Å². The molecule has 0 saturated heterocycles. The second kappa shape index (κ2) is 5.24. The molecule has 17 heavy (non-hydrogen) atoms.